The third kappa shape index (κ3) is 9.75. The largest absolute Gasteiger partial charge is 0.428 e. The van der Waals surface area contributed by atoms with Crippen LogP contribution < -0.4 is 20.2 Å². The summed E-state index contributed by atoms with van der Waals surface area (Å²) in [6, 6.07) is 15.3. The minimum atomic E-state index is 0.582. The Morgan fingerprint density at radius 2 is 1.56 bits per heavy atom. The molecule has 2 aromatic heterocycles. The molecule has 0 spiro atoms. The van der Waals surface area contributed by atoms with Crippen molar-refractivity contribution >= 4 is 50.7 Å². The monoisotopic (exact) mass is 626 g/mol. The van der Waals surface area contributed by atoms with E-state index in [9.17, 15) is 5.21 Å². The lowest BCUT2D eigenvalue weighted by Gasteiger charge is -2.22. The molecule has 2 aromatic carbocycles. The maximum absolute atomic E-state index is 10.2. The maximum atomic E-state index is 10.2. The van der Waals surface area contributed by atoms with E-state index in [0.29, 0.717) is 22.1 Å². The summed E-state index contributed by atoms with van der Waals surface area (Å²) in [7, 11) is 1.65. The van der Waals surface area contributed by atoms with Gasteiger partial charge in [-0.15, -0.1) is 0 Å². The van der Waals surface area contributed by atoms with Gasteiger partial charge >= 0.3 is 0 Å². The molecule has 2 heterocycles. The molecular weight excluding hydrogens is 581 g/mol. The van der Waals surface area contributed by atoms with E-state index in [0.717, 1.165) is 58.2 Å². The van der Waals surface area contributed by atoms with E-state index in [-0.39, 0.29) is 0 Å². The molecule has 0 saturated carbocycles. The summed E-state index contributed by atoms with van der Waals surface area (Å²) in [5.74, 6) is 0. The van der Waals surface area contributed by atoms with E-state index in [1.54, 1.807) is 24.1 Å². The Morgan fingerprint density at radius 1 is 0.860 bits per heavy atom. The molecule has 0 unspecified atom stereocenters. The summed E-state index contributed by atoms with van der Waals surface area (Å²) >= 11 is 12.4. The lowest BCUT2D eigenvalue weighted by atomic mass is 10.1. The highest BCUT2D eigenvalue weighted by atomic mass is 35.5. The number of benzene rings is 2. The smallest absolute Gasteiger partial charge is 0.268 e. The third-order valence-corrected chi connectivity index (χ3v) is 8.41. The zero-order chi connectivity index (χ0) is 30.4. The number of hydrogen-bond donors (Lipinski definition) is 2. The van der Waals surface area contributed by atoms with Crippen molar-refractivity contribution in [3.63, 3.8) is 0 Å². The van der Waals surface area contributed by atoms with Crippen molar-refractivity contribution in [2.24, 2.45) is 4.99 Å². The molecule has 0 saturated heterocycles. The first kappa shape index (κ1) is 32.9. The predicted molar refractivity (Wildman–Crippen MR) is 178 cm³/mol. The molecule has 0 atom stereocenters. The van der Waals surface area contributed by atoms with Gasteiger partial charge in [0.1, 0.15) is 7.11 Å². The van der Waals surface area contributed by atoms with E-state index in [1.165, 1.54) is 57.8 Å². The first-order valence-corrected chi connectivity index (χ1v) is 16.4. The molecule has 0 bridgehead atoms. The second-order valence-electron chi connectivity index (χ2n) is 11.1. The molecule has 0 amide bonds. The summed E-state index contributed by atoms with van der Waals surface area (Å²) in [6.45, 7) is 6.56. The first-order valence-electron chi connectivity index (χ1n) is 15.7. The van der Waals surface area contributed by atoms with Gasteiger partial charge in [-0.25, -0.2) is 0 Å². The standard InChI is InChI=1S/C34H45Cl2N5O2/c1-3-4-5-6-7-8-9-10-11-20-39(23-18-37-31-16-21-40(42)33-25-27(35)12-14-29(31)33)24-19-38-32-17-22-41(43-2)34-26-28(36)13-15-30(32)34/h12-17,21-22,25-26,42H,3-11,18-20,23-24H2,1-2H3/p+1. The van der Waals surface area contributed by atoms with Gasteiger partial charge in [0.25, 0.3) is 5.52 Å². The highest BCUT2D eigenvalue weighted by Crippen LogP contribution is 2.23. The van der Waals surface area contributed by atoms with Gasteiger partial charge in [-0.05, 0) is 49.4 Å². The summed E-state index contributed by atoms with van der Waals surface area (Å²) in [4.78, 5) is 12.9. The van der Waals surface area contributed by atoms with E-state index >= 15 is 0 Å². The number of hydrogen-bond acceptors (Lipinski definition) is 5. The van der Waals surface area contributed by atoms with Crippen LogP contribution in [0.25, 0.3) is 21.8 Å². The number of halogens is 2. The van der Waals surface area contributed by atoms with Gasteiger partial charge in [0, 0.05) is 58.1 Å². The Morgan fingerprint density at radius 3 is 2.30 bits per heavy atom. The SMILES string of the molecule is CCCCCCCCCCCN(CCN=c1ccn(O)c2cc(Cl)ccc12)CCNc1cc[n+](OC)c2cc(Cl)ccc12. The van der Waals surface area contributed by atoms with Crippen LogP contribution in [0, 0.1) is 0 Å². The highest BCUT2D eigenvalue weighted by molar-refractivity contribution is 6.31. The van der Waals surface area contributed by atoms with Crippen LogP contribution in [0.2, 0.25) is 10.0 Å². The number of fused-ring (bicyclic) bond motifs is 2. The Bertz CT molecular complexity index is 1520. The van der Waals surface area contributed by atoms with Gasteiger partial charge in [0.15, 0.2) is 0 Å². The van der Waals surface area contributed by atoms with E-state index < -0.39 is 0 Å². The van der Waals surface area contributed by atoms with Crippen LogP contribution in [0.4, 0.5) is 5.69 Å². The number of rotatable bonds is 18. The van der Waals surface area contributed by atoms with E-state index in [2.05, 4.69) is 17.1 Å². The third-order valence-electron chi connectivity index (χ3n) is 7.94. The van der Waals surface area contributed by atoms with Crippen molar-refractivity contribution in [3.05, 3.63) is 76.3 Å². The molecule has 0 fully saturated rings. The first-order chi connectivity index (χ1) is 21.0. The zero-order valence-electron chi connectivity index (χ0n) is 25.6. The molecule has 9 heteroatoms. The number of nitrogens with one attached hydrogen (secondary N) is 1. The number of pyridine rings is 2. The van der Waals surface area contributed by atoms with E-state index in [4.69, 9.17) is 33.0 Å². The van der Waals surface area contributed by atoms with Crippen molar-refractivity contribution in [3.8, 4) is 0 Å². The molecule has 0 radical (unpaired) electrons. The van der Waals surface area contributed by atoms with Crippen LogP contribution in [0.3, 0.4) is 0 Å². The molecule has 0 aliphatic heterocycles. The average molecular weight is 628 g/mol. The van der Waals surface area contributed by atoms with Crippen LogP contribution in [0.1, 0.15) is 64.7 Å². The van der Waals surface area contributed by atoms with Crippen LogP contribution >= 0.6 is 23.2 Å². The van der Waals surface area contributed by atoms with Gasteiger partial charge in [0.05, 0.1) is 28.5 Å². The lowest BCUT2D eigenvalue weighted by molar-refractivity contribution is -0.865. The topological polar surface area (TPSA) is 65.9 Å². The molecule has 2 N–H and O–H groups in total. The molecule has 43 heavy (non-hydrogen) atoms. The van der Waals surface area contributed by atoms with Crippen molar-refractivity contribution in [1.82, 2.24) is 9.63 Å². The predicted octanol–water partition coefficient (Wildman–Crippen LogP) is 7.53. The summed E-state index contributed by atoms with van der Waals surface area (Å²) in [5.41, 5.74) is 2.63. The second-order valence-corrected chi connectivity index (χ2v) is 12.0. The van der Waals surface area contributed by atoms with E-state index in [1.807, 2.05) is 48.7 Å². The molecule has 7 nitrogen and oxygen atoms in total. The van der Waals surface area contributed by atoms with Crippen LogP contribution in [-0.2, 0) is 0 Å². The Kier molecular flexibility index (Phi) is 13.3. The fourth-order valence-corrected chi connectivity index (χ4v) is 5.88. The van der Waals surface area contributed by atoms with Gasteiger partial charge < -0.3 is 10.5 Å². The number of anilines is 1. The quantitative estimate of drug-likeness (QED) is 0.0680. The normalized spacial score (nSPS) is 12.1. The lowest BCUT2D eigenvalue weighted by Crippen LogP contribution is -2.40. The number of aromatic nitrogens is 2. The Balaban J connectivity index is 1.38. The van der Waals surface area contributed by atoms with Gasteiger partial charge in [-0.2, -0.15) is 4.73 Å². The second kappa shape index (κ2) is 17.3. The van der Waals surface area contributed by atoms with Gasteiger partial charge in [-0.1, -0.05) is 81.5 Å². The van der Waals surface area contributed by atoms with Gasteiger partial charge in [-0.3, -0.25) is 14.7 Å². The summed E-state index contributed by atoms with van der Waals surface area (Å²) in [6.07, 6.45) is 15.4. The molecule has 0 aliphatic rings. The molecule has 232 valence electrons. The highest BCUT2D eigenvalue weighted by Gasteiger charge is 2.14. The minimum Gasteiger partial charge on any atom is -0.428 e. The molecule has 0 aliphatic carbocycles. The van der Waals surface area contributed by atoms with Crippen LogP contribution in [-0.4, -0.2) is 54.7 Å². The molecule has 4 aromatic rings. The fraction of sp³-hybridized carbons (Fsp3) is 0.471. The summed E-state index contributed by atoms with van der Waals surface area (Å²) < 4.78 is 2.82. The van der Waals surface area contributed by atoms with Crippen LogP contribution in [0.5, 0.6) is 0 Å². The minimum absolute atomic E-state index is 0.582. The Labute approximate surface area is 265 Å². The Hall–Kier alpha value is -3.00. The molecular formula is C34H46Cl2N5O2+. The van der Waals surface area contributed by atoms with Crippen molar-refractivity contribution < 1.29 is 14.8 Å². The average Bonchev–Trinajstić information content (AvgIpc) is 3.01. The number of nitrogens with zero attached hydrogens (tertiary/aromatic N) is 4. The zero-order valence-corrected chi connectivity index (χ0v) is 27.1. The fourth-order valence-electron chi connectivity index (χ4n) is 5.54. The van der Waals surface area contributed by atoms with Crippen molar-refractivity contribution in [2.45, 2.75) is 64.7 Å². The summed E-state index contributed by atoms with van der Waals surface area (Å²) in [5, 5.41) is 17.9. The maximum Gasteiger partial charge on any atom is 0.268 e. The van der Waals surface area contributed by atoms with Crippen LogP contribution in [0.15, 0.2) is 65.9 Å². The van der Waals surface area contributed by atoms with Gasteiger partial charge in [0.2, 0.25) is 6.20 Å². The molecule has 4 rings (SSSR count). The van der Waals surface area contributed by atoms with Crippen molar-refractivity contribution in [2.75, 3.05) is 45.2 Å². The number of unbranched alkanes of at least 4 members (excludes halogenated alkanes) is 8. The van der Waals surface area contributed by atoms with Crippen molar-refractivity contribution in [1.29, 1.82) is 0 Å².